The van der Waals surface area contributed by atoms with Crippen molar-refractivity contribution in [3.63, 3.8) is 0 Å². The van der Waals surface area contributed by atoms with Crippen molar-refractivity contribution in [3.05, 3.63) is 61.4 Å². The Morgan fingerprint density at radius 1 is 1.27 bits per heavy atom. The minimum atomic E-state index is 0.337. The van der Waals surface area contributed by atoms with Crippen molar-refractivity contribution in [3.8, 4) is 0 Å². The van der Waals surface area contributed by atoms with Crippen LogP contribution in [0.25, 0.3) is 0 Å². The van der Waals surface area contributed by atoms with Gasteiger partial charge in [0.05, 0.1) is 18.4 Å². The molecule has 1 heterocycles. The second-order valence-electron chi connectivity index (χ2n) is 6.90. The third-order valence-electron chi connectivity index (χ3n) is 4.87. The van der Waals surface area contributed by atoms with Gasteiger partial charge < -0.3 is 4.74 Å². The van der Waals surface area contributed by atoms with Crippen molar-refractivity contribution in [1.29, 1.82) is 0 Å². The highest BCUT2D eigenvalue weighted by Crippen LogP contribution is 2.35. The molecule has 1 saturated carbocycles. The Morgan fingerprint density at radius 3 is 2.65 bits per heavy atom. The van der Waals surface area contributed by atoms with Gasteiger partial charge >= 0.3 is 0 Å². The van der Waals surface area contributed by atoms with E-state index in [4.69, 9.17) is 9.84 Å². The summed E-state index contributed by atoms with van der Waals surface area (Å²) in [6.45, 7) is 6.15. The Morgan fingerprint density at radius 2 is 2.00 bits per heavy atom. The maximum Gasteiger partial charge on any atom is 0.0704 e. The quantitative estimate of drug-likeness (QED) is 0.489. The monoisotopic (exact) mass is 369 g/mol. The van der Waals surface area contributed by atoms with E-state index in [1.54, 1.807) is 7.11 Å². The number of ether oxygens (including phenoxy) is 1. The van der Waals surface area contributed by atoms with Gasteiger partial charge in [0.2, 0.25) is 0 Å². The zero-order valence-corrected chi connectivity index (χ0v) is 16.8. The number of aryl methyl sites for hydroxylation is 1. The number of rotatable bonds is 8. The van der Waals surface area contributed by atoms with Crippen LogP contribution in [0.1, 0.15) is 31.7 Å². The third kappa shape index (κ3) is 5.04. The normalized spacial score (nSPS) is 23.0. The highest BCUT2D eigenvalue weighted by Gasteiger charge is 2.31. The van der Waals surface area contributed by atoms with Crippen LogP contribution in [0.2, 0.25) is 0 Å². The first-order valence-electron chi connectivity index (χ1n) is 9.50. The lowest BCUT2D eigenvalue weighted by Gasteiger charge is -2.27. The first-order chi connectivity index (χ1) is 12.7. The van der Waals surface area contributed by atoms with E-state index in [-0.39, 0.29) is 0 Å². The van der Waals surface area contributed by atoms with Gasteiger partial charge in [-0.2, -0.15) is 5.10 Å². The summed E-state index contributed by atoms with van der Waals surface area (Å²) in [5.41, 5.74) is 2.48. The van der Waals surface area contributed by atoms with Gasteiger partial charge in [0, 0.05) is 29.7 Å². The van der Waals surface area contributed by atoms with Gasteiger partial charge in [-0.25, -0.2) is 0 Å². The Balaban J connectivity index is 1.81. The van der Waals surface area contributed by atoms with Gasteiger partial charge in [-0.15, -0.1) is 11.8 Å². The molecule has 0 spiro atoms. The van der Waals surface area contributed by atoms with Crippen molar-refractivity contribution < 1.29 is 4.74 Å². The summed E-state index contributed by atoms with van der Waals surface area (Å²) in [5, 5.41) is 7.74. The fraction of sp³-hybridized carbons (Fsp3) is 0.455. The molecule has 0 bridgehead atoms. The van der Waals surface area contributed by atoms with Crippen molar-refractivity contribution in [2.45, 2.75) is 49.3 Å². The fourth-order valence-corrected chi connectivity index (χ4v) is 4.50. The zero-order valence-electron chi connectivity index (χ0n) is 16.0. The molecule has 4 heteroatoms. The molecule has 3 nitrogen and oxygen atoms in total. The summed E-state index contributed by atoms with van der Waals surface area (Å²) < 4.78 is 5.41. The Bertz CT molecular complexity index is 580. The minimum Gasteiger partial charge on any atom is -0.382 e. The van der Waals surface area contributed by atoms with E-state index in [2.05, 4.69) is 68.8 Å². The minimum absolute atomic E-state index is 0.337. The predicted octanol–water partition coefficient (Wildman–Crippen LogP) is 4.74. The molecule has 1 aliphatic carbocycles. The van der Waals surface area contributed by atoms with Crippen LogP contribution in [0.5, 0.6) is 0 Å². The lowest BCUT2D eigenvalue weighted by atomic mass is 9.98. The second-order valence-corrected chi connectivity index (χ2v) is 8.18. The molecule has 1 aliphatic heterocycles. The smallest absolute Gasteiger partial charge is 0.0704 e. The molecule has 1 saturated heterocycles. The maximum absolute atomic E-state index is 5.41. The fourth-order valence-electron chi connectivity index (χ4n) is 3.42. The summed E-state index contributed by atoms with van der Waals surface area (Å²) in [6, 6.07) is 9.20. The summed E-state index contributed by atoms with van der Waals surface area (Å²) in [6.07, 6.45) is 12.0. The Kier molecular flexibility index (Phi) is 7.44. The maximum atomic E-state index is 5.41. The molecule has 3 rings (SSSR count). The topological polar surface area (TPSA) is 24.8 Å². The highest BCUT2D eigenvalue weighted by atomic mass is 32.2. The number of methoxy groups -OCH3 is 1. The molecule has 26 heavy (non-hydrogen) atoms. The first kappa shape index (κ1) is 19.8. The molecule has 0 unspecified atom stereocenters. The van der Waals surface area contributed by atoms with Gasteiger partial charge in [-0.05, 0) is 64.0 Å². The summed E-state index contributed by atoms with van der Waals surface area (Å²) in [4.78, 5) is 1.30. The van der Waals surface area contributed by atoms with E-state index in [1.807, 2.05) is 11.8 Å². The molecular weight excluding hydrogens is 340 g/mol. The predicted molar refractivity (Wildman–Crippen MR) is 111 cm³/mol. The van der Waals surface area contributed by atoms with E-state index >= 15 is 0 Å². The van der Waals surface area contributed by atoms with Crippen molar-refractivity contribution >= 4 is 17.5 Å². The standard InChI is InChI=1S/C22H29N2OS/c1-4-21(26-20-13-11-17(2)12-14-20)22(18-8-5-6-9-18)23-24-15-7-10-19(24)16-25-3/h5-6,8-9,11-14,19,21H,4,7,10,15-16H2,1-3H3/b23-22+/t19-,21+/m0/s1. The highest BCUT2D eigenvalue weighted by molar-refractivity contribution is 8.00. The van der Waals surface area contributed by atoms with Gasteiger partial charge in [-0.3, -0.25) is 5.01 Å². The molecule has 2 fully saturated rings. The zero-order chi connectivity index (χ0) is 18.4. The molecule has 2 aliphatic rings. The average Bonchev–Trinajstić information content (AvgIpc) is 3.32. The van der Waals surface area contributed by atoms with Crippen LogP contribution >= 0.6 is 11.8 Å². The van der Waals surface area contributed by atoms with Crippen LogP contribution in [0.3, 0.4) is 0 Å². The van der Waals surface area contributed by atoms with Crippen LogP contribution in [0, 0.1) is 38.5 Å². The van der Waals surface area contributed by atoms with Crippen LogP contribution in [0.4, 0.5) is 0 Å². The lowest BCUT2D eigenvalue weighted by Crippen LogP contribution is -2.33. The van der Waals surface area contributed by atoms with Crippen LogP contribution in [0.15, 0.2) is 34.3 Å². The number of thioether (sulfide) groups is 1. The van der Waals surface area contributed by atoms with Gasteiger partial charge in [0.1, 0.15) is 0 Å². The van der Waals surface area contributed by atoms with Crippen LogP contribution in [-0.2, 0) is 4.74 Å². The van der Waals surface area contributed by atoms with Gasteiger partial charge in [0.15, 0.2) is 0 Å². The molecule has 1 aromatic carbocycles. The molecular formula is C22H29N2OS. The number of hydrogen-bond donors (Lipinski definition) is 0. The molecule has 0 aromatic heterocycles. The Hall–Kier alpha value is -1.00. The molecule has 0 N–H and O–H groups in total. The van der Waals surface area contributed by atoms with E-state index < -0.39 is 0 Å². The summed E-state index contributed by atoms with van der Waals surface area (Å²) in [5.74, 6) is 1.24. The average molecular weight is 370 g/mol. The van der Waals surface area contributed by atoms with Crippen molar-refractivity contribution in [2.75, 3.05) is 20.3 Å². The van der Waals surface area contributed by atoms with Crippen molar-refractivity contribution in [2.24, 2.45) is 5.10 Å². The first-order valence-corrected chi connectivity index (χ1v) is 10.4. The SMILES string of the molecule is CC[C@@H](Sc1ccc(C)cc1)/C(=N/N1CCC[C@H]1COC)[C]1[CH][CH][CH][CH]1. The van der Waals surface area contributed by atoms with E-state index in [0.29, 0.717) is 11.3 Å². The van der Waals surface area contributed by atoms with E-state index in [1.165, 1.54) is 28.5 Å². The van der Waals surface area contributed by atoms with Gasteiger partial charge in [0.25, 0.3) is 0 Å². The van der Waals surface area contributed by atoms with E-state index in [0.717, 1.165) is 26.0 Å². The lowest BCUT2D eigenvalue weighted by molar-refractivity contribution is 0.118. The number of hydrogen-bond acceptors (Lipinski definition) is 4. The largest absolute Gasteiger partial charge is 0.382 e. The number of hydrazone groups is 1. The van der Waals surface area contributed by atoms with Gasteiger partial charge in [-0.1, -0.05) is 24.6 Å². The molecule has 2 atom stereocenters. The van der Waals surface area contributed by atoms with Crippen LogP contribution < -0.4 is 0 Å². The molecule has 1 aromatic rings. The summed E-state index contributed by atoms with van der Waals surface area (Å²) >= 11 is 1.91. The summed E-state index contributed by atoms with van der Waals surface area (Å²) in [7, 11) is 1.78. The molecule has 139 valence electrons. The molecule has 5 radical (unpaired) electrons. The molecule has 0 amide bonds. The number of benzene rings is 1. The number of nitrogens with zero attached hydrogens (tertiary/aromatic N) is 2. The van der Waals surface area contributed by atoms with Crippen molar-refractivity contribution in [1.82, 2.24) is 5.01 Å². The van der Waals surface area contributed by atoms with Crippen LogP contribution in [-0.4, -0.2) is 42.3 Å². The second kappa shape index (κ2) is 9.80. The Labute approximate surface area is 163 Å². The van der Waals surface area contributed by atoms with E-state index in [9.17, 15) is 0 Å². The third-order valence-corrected chi connectivity index (χ3v) is 6.26.